The molecule has 4 aliphatic rings. The van der Waals surface area contributed by atoms with E-state index in [1.54, 1.807) is 6.92 Å². The molecule has 1 N–H and O–H groups in total. The molecule has 0 aromatic carbocycles. The van der Waals surface area contributed by atoms with Gasteiger partial charge in [0.15, 0.2) is 0 Å². The molecule has 4 saturated carbocycles. The summed E-state index contributed by atoms with van der Waals surface area (Å²) in [5, 5.41) is 2.75. The average Bonchev–Trinajstić information content (AvgIpc) is 2.50. The van der Waals surface area contributed by atoms with Gasteiger partial charge in [-0.05, 0) is 74.5 Å². The lowest BCUT2D eigenvalue weighted by Gasteiger charge is -2.57. The molecule has 5 nitrogen and oxygen atoms in total. The van der Waals surface area contributed by atoms with Crippen LogP contribution in [0.4, 0.5) is 4.79 Å². The summed E-state index contributed by atoms with van der Waals surface area (Å²) in [7, 11) is 1.91. The average molecular weight is 351 g/mol. The zero-order chi connectivity index (χ0) is 18.2. The fraction of sp³-hybridized carbons (Fsp3) is 0.900. The number of carbonyl (C=O) groups excluding carboxylic acids is 2. The topological polar surface area (TPSA) is 58.6 Å². The maximum absolute atomic E-state index is 13.0. The van der Waals surface area contributed by atoms with Crippen molar-refractivity contribution in [3.8, 4) is 0 Å². The lowest BCUT2D eigenvalue weighted by atomic mass is 9.49. The van der Waals surface area contributed by atoms with Gasteiger partial charge in [0, 0.05) is 13.6 Å². The van der Waals surface area contributed by atoms with Gasteiger partial charge in [-0.15, -0.1) is 0 Å². The van der Waals surface area contributed by atoms with Crippen molar-refractivity contribution in [2.45, 2.75) is 65.3 Å². The van der Waals surface area contributed by atoms with Crippen molar-refractivity contribution in [1.82, 2.24) is 10.2 Å². The van der Waals surface area contributed by atoms with Crippen molar-refractivity contribution < 1.29 is 14.3 Å². The lowest BCUT2D eigenvalue weighted by molar-refractivity contribution is -0.138. The number of amides is 2. The monoisotopic (exact) mass is 350 g/mol. The van der Waals surface area contributed by atoms with Crippen LogP contribution in [0.1, 0.15) is 59.3 Å². The standard InChI is InChI=1S/C20H34N2O3/c1-5-25-19(24)21-17(13(2)3)18(23)22(4)12-20-9-14-6-15(10-20)8-16(7-14)11-20/h13-17H,5-12H2,1-4H3,(H,21,24). The number of likely N-dealkylation sites (N-methyl/N-ethyl adjacent to an activating group) is 1. The molecule has 1 atom stereocenters. The lowest BCUT2D eigenvalue weighted by Crippen LogP contribution is -2.55. The summed E-state index contributed by atoms with van der Waals surface area (Å²) in [6.45, 7) is 6.85. The van der Waals surface area contributed by atoms with E-state index in [9.17, 15) is 9.59 Å². The van der Waals surface area contributed by atoms with Crippen LogP contribution >= 0.6 is 0 Å². The number of ether oxygens (including phenoxy) is 1. The molecule has 4 fully saturated rings. The van der Waals surface area contributed by atoms with E-state index < -0.39 is 12.1 Å². The molecule has 0 saturated heterocycles. The zero-order valence-electron chi connectivity index (χ0n) is 16.2. The molecule has 0 radical (unpaired) electrons. The van der Waals surface area contributed by atoms with Gasteiger partial charge >= 0.3 is 6.09 Å². The van der Waals surface area contributed by atoms with E-state index in [2.05, 4.69) is 5.32 Å². The van der Waals surface area contributed by atoms with Crippen LogP contribution in [0, 0.1) is 29.1 Å². The van der Waals surface area contributed by atoms with Gasteiger partial charge in [-0.3, -0.25) is 4.79 Å². The van der Waals surface area contributed by atoms with Crippen LogP contribution < -0.4 is 5.32 Å². The summed E-state index contributed by atoms with van der Waals surface area (Å²) in [5.41, 5.74) is 0.324. The molecule has 5 heteroatoms. The predicted molar refractivity (Wildman–Crippen MR) is 97.0 cm³/mol. The van der Waals surface area contributed by atoms with E-state index in [1.807, 2.05) is 25.8 Å². The molecule has 0 aromatic heterocycles. The predicted octanol–water partition coefficient (Wildman–Crippen LogP) is 3.43. The highest BCUT2D eigenvalue weighted by atomic mass is 16.5. The molecular formula is C20H34N2O3. The Morgan fingerprint density at radius 3 is 2.08 bits per heavy atom. The minimum Gasteiger partial charge on any atom is -0.450 e. The molecule has 1 unspecified atom stereocenters. The second kappa shape index (κ2) is 7.16. The highest BCUT2D eigenvalue weighted by molar-refractivity contribution is 5.85. The van der Waals surface area contributed by atoms with E-state index in [0.717, 1.165) is 24.3 Å². The number of nitrogens with one attached hydrogen (secondary N) is 1. The van der Waals surface area contributed by atoms with Gasteiger partial charge in [-0.2, -0.15) is 0 Å². The Labute approximate surface area is 151 Å². The molecule has 0 aliphatic heterocycles. The zero-order valence-corrected chi connectivity index (χ0v) is 16.2. The summed E-state index contributed by atoms with van der Waals surface area (Å²) in [5.74, 6) is 2.70. The summed E-state index contributed by atoms with van der Waals surface area (Å²) in [4.78, 5) is 26.7. The molecule has 0 heterocycles. The SMILES string of the molecule is CCOC(=O)NC(C(=O)N(C)CC12CC3CC(CC(C3)C1)C2)C(C)C. The fourth-order valence-corrected chi connectivity index (χ4v) is 6.12. The Hall–Kier alpha value is -1.26. The van der Waals surface area contributed by atoms with Crippen molar-refractivity contribution >= 4 is 12.0 Å². The number of alkyl carbamates (subject to hydrolysis) is 1. The van der Waals surface area contributed by atoms with Crippen molar-refractivity contribution in [2.24, 2.45) is 29.1 Å². The Bertz CT molecular complexity index is 482. The van der Waals surface area contributed by atoms with E-state index in [4.69, 9.17) is 4.74 Å². The normalized spacial score (nSPS) is 34.0. The van der Waals surface area contributed by atoms with E-state index in [0.29, 0.717) is 12.0 Å². The molecule has 4 bridgehead atoms. The van der Waals surface area contributed by atoms with Gasteiger partial charge in [0.25, 0.3) is 0 Å². The van der Waals surface area contributed by atoms with E-state index >= 15 is 0 Å². The Balaban J connectivity index is 1.64. The quantitative estimate of drug-likeness (QED) is 0.798. The van der Waals surface area contributed by atoms with Crippen LogP contribution in [-0.4, -0.2) is 43.1 Å². The Kier molecular flexibility index (Phi) is 5.31. The van der Waals surface area contributed by atoms with Crippen molar-refractivity contribution in [3.05, 3.63) is 0 Å². The van der Waals surface area contributed by atoms with Crippen LogP contribution in [0.25, 0.3) is 0 Å². The van der Waals surface area contributed by atoms with Crippen LogP contribution in [0.5, 0.6) is 0 Å². The number of rotatable bonds is 6. The Morgan fingerprint density at radius 2 is 1.64 bits per heavy atom. The number of nitrogens with zero attached hydrogens (tertiary/aromatic N) is 1. The summed E-state index contributed by atoms with van der Waals surface area (Å²) in [6.07, 6.45) is 7.59. The second-order valence-corrected chi connectivity index (χ2v) is 9.20. The van der Waals surface area contributed by atoms with Gasteiger partial charge in [0.2, 0.25) is 5.91 Å². The minimum absolute atomic E-state index is 0.0128. The molecular weight excluding hydrogens is 316 g/mol. The molecule has 25 heavy (non-hydrogen) atoms. The van der Waals surface area contributed by atoms with Crippen LogP contribution in [-0.2, 0) is 9.53 Å². The number of hydrogen-bond acceptors (Lipinski definition) is 3. The van der Waals surface area contributed by atoms with Crippen LogP contribution in [0.2, 0.25) is 0 Å². The van der Waals surface area contributed by atoms with Gasteiger partial charge in [0.1, 0.15) is 6.04 Å². The molecule has 0 spiro atoms. The second-order valence-electron chi connectivity index (χ2n) is 9.20. The first-order chi connectivity index (χ1) is 11.8. The molecule has 0 aromatic rings. The van der Waals surface area contributed by atoms with Crippen LogP contribution in [0.15, 0.2) is 0 Å². The van der Waals surface area contributed by atoms with Crippen molar-refractivity contribution in [2.75, 3.05) is 20.2 Å². The summed E-state index contributed by atoms with van der Waals surface area (Å²) >= 11 is 0. The third-order valence-corrected chi connectivity index (χ3v) is 6.60. The molecule has 2 amide bonds. The fourth-order valence-electron chi connectivity index (χ4n) is 6.12. The van der Waals surface area contributed by atoms with Gasteiger partial charge < -0.3 is 15.0 Å². The first kappa shape index (κ1) is 18.5. The van der Waals surface area contributed by atoms with E-state index in [1.165, 1.54) is 38.5 Å². The smallest absolute Gasteiger partial charge is 0.407 e. The molecule has 4 rings (SSSR count). The largest absolute Gasteiger partial charge is 0.450 e. The highest BCUT2D eigenvalue weighted by Gasteiger charge is 2.51. The Morgan fingerprint density at radius 1 is 1.12 bits per heavy atom. The van der Waals surface area contributed by atoms with E-state index in [-0.39, 0.29) is 11.8 Å². The van der Waals surface area contributed by atoms with Crippen LogP contribution in [0.3, 0.4) is 0 Å². The summed E-state index contributed by atoms with van der Waals surface area (Å²) in [6, 6.07) is -0.516. The van der Waals surface area contributed by atoms with Crippen molar-refractivity contribution in [3.63, 3.8) is 0 Å². The molecule has 4 aliphatic carbocycles. The number of carbonyl (C=O) groups is 2. The van der Waals surface area contributed by atoms with Gasteiger partial charge in [-0.1, -0.05) is 13.8 Å². The highest BCUT2D eigenvalue weighted by Crippen LogP contribution is 2.60. The first-order valence-electron chi connectivity index (χ1n) is 10.00. The maximum atomic E-state index is 13.0. The number of hydrogen-bond donors (Lipinski definition) is 1. The maximum Gasteiger partial charge on any atom is 0.407 e. The minimum atomic E-state index is -0.516. The third kappa shape index (κ3) is 3.95. The first-order valence-corrected chi connectivity index (χ1v) is 10.00. The van der Waals surface area contributed by atoms with Gasteiger partial charge in [0.05, 0.1) is 6.61 Å². The van der Waals surface area contributed by atoms with Gasteiger partial charge in [-0.25, -0.2) is 4.79 Å². The summed E-state index contributed by atoms with van der Waals surface area (Å²) < 4.78 is 4.97. The third-order valence-electron chi connectivity index (χ3n) is 6.60. The van der Waals surface area contributed by atoms with Crippen molar-refractivity contribution in [1.29, 1.82) is 0 Å². The molecule has 142 valence electrons.